The first-order valence-electron chi connectivity index (χ1n) is 9.88. The molecular formula is C23H18BrN3O5. The SMILES string of the molecule is N#CC1=C(N)OC2=C(C(=O)CCC2)[C@@H]1c1cc(Br)ccc1OCc1ccc([N+](=O)[O-])cc1. The monoisotopic (exact) mass is 495 g/mol. The van der Waals surface area contributed by atoms with Gasteiger partial charge in [0.25, 0.3) is 5.69 Å². The highest BCUT2D eigenvalue weighted by Crippen LogP contribution is 2.46. The summed E-state index contributed by atoms with van der Waals surface area (Å²) in [5.74, 6) is 0.208. The highest BCUT2D eigenvalue weighted by Gasteiger charge is 2.39. The van der Waals surface area contributed by atoms with E-state index < -0.39 is 10.8 Å². The summed E-state index contributed by atoms with van der Waals surface area (Å²) in [6.45, 7) is 0.150. The second-order valence-electron chi connectivity index (χ2n) is 7.43. The van der Waals surface area contributed by atoms with Gasteiger partial charge in [-0.3, -0.25) is 14.9 Å². The predicted octanol–water partition coefficient (Wildman–Crippen LogP) is 4.75. The first-order chi connectivity index (χ1) is 15.4. The van der Waals surface area contributed by atoms with Crippen LogP contribution in [0.4, 0.5) is 5.69 Å². The Hall–Kier alpha value is -3.64. The number of ether oxygens (including phenoxy) is 2. The summed E-state index contributed by atoms with van der Waals surface area (Å²) in [5.41, 5.74) is 8.00. The molecule has 32 heavy (non-hydrogen) atoms. The molecule has 9 heteroatoms. The van der Waals surface area contributed by atoms with Gasteiger partial charge in [0, 0.05) is 40.6 Å². The van der Waals surface area contributed by atoms with Crippen molar-refractivity contribution in [2.45, 2.75) is 31.8 Å². The van der Waals surface area contributed by atoms with Crippen molar-refractivity contribution in [1.29, 1.82) is 5.26 Å². The molecular weight excluding hydrogens is 478 g/mol. The van der Waals surface area contributed by atoms with E-state index in [0.717, 1.165) is 10.0 Å². The molecule has 4 rings (SSSR count). The Bertz CT molecular complexity index is 1210. The van der Waals surface area contributed by atoms with E-state index in [-0.39, 0.29) is 29.5 Å². The summed E-state index contributed by atoms with van der Waals surface area (Å²) < 4.78 is 12.4. The van der Waals surface area contributed by atoms with E-state index >= 15 is 0 Å². The van der Waals surface area contributed by atoms with Crippen LogP contribution in [-0.2, 0) is 16.1 Å². The molecule has 0 unspecified atom stereocenters. The van der Waals surface area contributed by atoms with Gasteiger partial charge in [-0.1, -0.05) is 15.9 Å². The number of allylic oxidation sites excluding steroid dienone is 3. The molecule has 2 aliphatic rings. The third kappa shape index (κ3) is 4.09. The molecule has 0 spiro atoms. The molecule has 2 N–H and O–H groups in total. The zero-order valence-corrected chi connectivity index (χ0v) is 18.4. The number of nitro benzene ring substituents is 1. The maximum atomic E-state index is 12.8. The largest absolute Gasteiger partial charge is 0.489 e. The van der Waals surface area contributed by atoms with Gasteiger partial charge in [-0.15, -0.1) is 0 Å². The minimum absolute atomic E-state index is 0.00478. The van der Waals surface area contributed by atoms with E-state index in [0.29, 0.717) is 41.9 Å². The van der Waals surface area contributed by atoms with Crippen molar-refractivity contribution in [3.63, 3.8) is 0 Å². The highest BCUT2D eigenvalue weighted by atomic mass is 79.9. The molecule has 0 bridgehead atoms. The summed E-state index contributed by atoms with van der Waals surface area (Å²) in [6, 6.07) is 13.5. The number of non-ortho nitro benzene ring substituents is 1. The lowest BCUT2D eigenvalue weighted by molar-refractivity contribution is -0.384. The molecule has 2 aromatic rings. The molecule has 1 heterocycles. The van der Waals surface area contributed by atoms with Gasteiger partial charge < -0.3 is 15.2 Å². The van der Waals surface area contributed by atoms with Crippen LogP contribution in [0.25, 0.3) is 0 Å². The van der Waals surface area contributed by atoms with Crippen molar-refractivity contribution in [2.75, 3.05) is 0 Å². The number of Topliss-reactive ketones (excluding diaryl/α,β-unsaturated/α-hetero) is 1. The van der Waals surface area contributed by atoms with Crippen LogP contribution in [0.1, 0.15) is 36.3 Å². The first-order valence-corrected chi connectivity index (χ1v) is 10.7. The smallest absolute Gasteiger partial charge is 0.269 e. The van der Waals surface area contributed by atoms with Gasteiger partial charge in [-0.25, -0.2) is 0 Å². The van der Waals surface area contributed by atoms with E-state index in [2.05, 4.69) is 22.0 Å². The standard InChI is InChI=1S/C23H18BrN3O5/c24-14-6-9-19(31-12-13-4-7-15(8-5-13)27(29)30)16(10-14)21-17(11-25)23(26)32-20-3-1-2-18(28)22(20)21/h4-10,21H,1-3,12,26H2/t21-/m1/s1. The molecule has 1 atom stereocenters. The van der Waals surface area contributed by atoms with E-state index in [1.807, 2.05) is 0 Å². The van der Waals surface area contributed by atoms with Crippen molar-refractivity contribution >= 4 is 27.4 Å². The average Bonchev–Trinajstić information content (AvgIpc) is 2.77. The van der Waals surface area contributed by atoms with Gasteiger partial charge in [0.1, 0.15) is 29.8 Å². The predicted molar refractivity (Wildman–Crippen MR) is 118 cm³/mol. The number of carbonyl (C=O) groups is 1. The molecule has 0 aromatic heterocycles. The number of nitriles is 1. The Morgan fingerprint density at radius 2 is 2.00 bits per heavy atom. The molecule has 1 aliphatic carbocycles. The lowest BCUT2D eigenvalue weighted by Crippen LogP contribution is -2.27. The Labute approximate surface area is 192 Å². The number of ketones is 1. The molecule has 0 amide bonds. The number of halogens is 1. The van der Waals surface area contributed by atoms with E-state index in [9.17, 15) is 20.2 Å². The van der Waals surface area contributed by atoms with E-state index in [1.165, 1.54) is 12.1 Å². The van der Waals surface area contributed by atoms with Crippen LogP contribution in [-0.4, -0.2) is 10.7 Å². The molecule has 0 saturated heterocycles. The molecule has 162 valence electrons. The van der Waals surface area contributed by atoms with Gasteiger partial charge in [0.05, 0.1) is 10.8 Å². The normalized spacial score (nSPS) is 18.0. The third-order valence-corrected chi connectivity index (χ3v) is 5.92. The van der Waals surface area contributed by atoms with Crippen LogP contribution in [0.2, 0.25) is 0 Å². The van der Waals surface area contributed by atoms with Crippen molar-refractivity contribution in [3.8, 4) is 11.8 Å². The minimum Gasteiger partial charge on any atom is -0.489 e. The number of nitrogens with zero attached hydrogens (tertiary/aromatic N) is 2. The van der Waals surface area contributed by atoms with Crippen LogP contribution >= 0.6 is 15.9 Å². The number of carbonyl (C=O) groups excluding carboxylic acids is 1. The second-order valence-corrected chi connectivity index (χ2v) is 8.35. The van der Waals surface area contributed by atoms with Crippen LogP contribution in [0, 0.1) is 21.4 Å². The van der Waals surface area contributed by atoms with Crippen molar-refractivity contribution in [1.82, 2.24) is 0 Å². The minimum atomic E-state index is -0.694. The summed E-state index contributed by atoms with van der Waals surface area (Å²) in [5, 5.41) is 20.7. The van der Waals surface area contributed by atoms with Gasteiger partial charge in [-0.05, 0) is 42.3 Å². The third-order valence-electron chi connectivity index (χ3n) is 5.43. The van der Waals surface area contributed by atoms with Gasteiger partial charge in [0.2, 0.25) is 5.88 Å². The zero-order valence-electron chi connectivity index (χ0n) is 16.8. The summed E-state index contributed by atoms with van der Waals surface area (Å²) in [6.07, 6.45) is 1.62. The fourth-order valence-electron chi connectivity index (χ4n) is 3.92. The summed E-state index contributed by atoms with van der Waals surface area (Å²) >= 11 is 3.46. The Morgan fingerprint density at radius 3 is 2.69 bits per heavy atom. The number of hydrogen-bond donors (Lipinski definition) is 1. The Morgan fingerprint density at radius 1 is 1.25 bits per heavy atom. The quantitative estimate of drug-likeness (QED) is 0.467. The summed E-state index contributed by atoms with van der Waals surface area (Å²) in [4.78, 5) is 23.2. The fourth-order valence-corrected chi connectivity index (χ4v) is 4.30. The maximum Gasteiger partial charge on any atom is 0.269 e. The van der Waals surface area contributed by atoms with Gasteiger partial charge in [-0.2, -0.15) is 5.26 Å². The fraction of sp³-hybridized carbons (Fsp3) is 0.217. The van der Waals surface area contributed by atoms with Crippen LogP contribution < -0.4 is 10.5 Å². The average molecular weight is 496 g/mol. The number of nitro groups is 1. The Balaban J connectivity index is 1.72. The van der Waals surface area contributed by atoms with Crippen molar-refractivity contribution < 1.29 is 19.2 Å². The molecule has 8 nitrogen and oxygen atoms in total. The maximum absolute atomic E-state index is 12.8. The first kappa shape index (κ1) is 21.6. The molecule has 0 fully saturated rings. The van der Waals surface area contributed by atoms with Gasteiger partial charge >= 0.3 is 0 Å². The van der Waals surface area contributed by atoms with Crippen molar-refractivity contribution in [3.05, 3.63) is 91.0 Å². The van der Waals surface area contributed by atoms with Crippen LogP contribution in [0.5, 0.6) is 5.75 Å². The summed E-state index contributed by atoms with van der Waals surface area (Å²) in [7, 11) is 0. The lowest BCUT2D eigenvalue weighted by Gasteiger charge is -2.31. The topological polar surface area (TPSA) is 128 Å². The van der Waals surface area contributed by atoms with E-state index in [1.54, 1.807) is 30.3 Å². The zero-order chi connectivity index (χ0) is 22.8. The Kier molecular flexibility index (Phi) is 5.97. The molecule has 2 aromatic carbocycles. The van der Waals surface area contributed by atoms with Crippen LogP contribution in [0.15, 0.2) is 69.7 Å². The number of benzene rings is 2. The second kappa shape index (κ2) is 8.85. The van der Waals surface area contributed by atoms with E-state index in [4.69, 9.17) is 15.2 Å². The van der Waals surface area contributed by atoms with Crippen molar-refractivity contribution in [2.24, 2.45) is 5.73 Å². The number of hydrogen-bond acceptors (Lipinski definition) is 7. The van der Waals surface area contributed by atoms with Crippen LogP contribution in [0.3, 0.4) is 0 Å². The number of nitrogens with two attached hydrogens (primary N) is 1. The number of rotatable bonds is 5. The molecule has 0 saturated carbocycles. The highest BCUT2D eigenvalue weighted by molar-refractivity contribution is 9.10. The lowest BCUT2D eigenvalue weighted by atomic mass is 9.77. The molecule has 0 radical (unpaired) electrons. The molecule has 1 aliphatic heterocycles. The van der Waals surface area contributed by atoms with Gasteiger partial charge in [0.15, 0.2) is 5.78 Å².